The zero-order valence-corrected chi connectivity index (χ0v) is 40.3. The van der Waals surface area contributed by atoms with E-state index in [9.17, 15) is 0 Å². The molecule has 2 aliphatic rings. The largest absolute Gasteiger partial charge is 0.310 e. The van der Waals surface area contributed by atoms with Crippen LogP contribution in [0.4, 0.5) is 17.1 Å². The van der Waals surface area contributed by atoms with E-state index in [2.05, 4.69) is 290 Å². The quantitative estimate of drug-likeness (QED) is 0.147. The highest BCUT2D eigenvalue weighted by molar-refractivity contribution is 6.12. The number of hydrogen-bond donors (Lipinski definition) is 0. The van der Waals surface area contributed by atoms with Crippen molar-refractivity contribution in [1.82, 2.24) is 4.57 Å². The summed E-state index contributed by atoms with van der Waals surface area (Å²) in [6.45, 7) is 4.73. The first-order chi connectivity index (χ1) is 35.5. The zero-order valence-electron chi connectivity index (χ0n) is 40.3. The maximum absolute atomic E-state index is 2.45. The second kappa shape index (κ2) is 16.3. The lowest BCUT2D eigenvalue weighted by atomic mass is 9.67. The molecular formula is C70H50N2. The fourth-order valence-electron chi connectivity index (χ4n) is 12.5. The molecule has 72 heavy (non-hydrogen) atoms. The van der Waals surface area contributed by atoms with Crippen LogP contribution in [0.5, 0.6) is 0 Å². The van der Waals surface area contributed by atoms with Gasteiger partial charge in [-0.15, -0.1) is 0 Å². The topological polar surface area (TPSA) is 8.17 Å². The molecule has 12 aromatic rings. The van der Waals surface area contributed by atoms with Gasteiger partial charge < -0.3 is 9.47 Å². The van der Waals surface area contributed by atoms with Crippen LogP contribution in [-0.2, 0) is 10.8 Å². The van der Waals surface area contributed by atoms with Crippen LogP contribution in [0, 0.1) is 0 Å². The molecule has 0 saturated heterocycles. The molecule has 0 saturated carbocycles. The van der Waals surface area contributed by atoms with Gasteiger partial charge in [0.15, 0.2) is 0 Å². The average molecular weight is 919 g/mol. The van der Waals surface area contributed by atoms with Gasteiger partial charge in [-0.1, -0.05) is 214 Å². The number of fused-ring (bicyclic) bond motifs is 9. The van der Waals surface area contributed by atoms with Gasteiger partial charge in [0, 0.05) is 38.9 Å². The van der Waals surface area contributed by atoms with Crippen molar-refractivity contribution in [3.8, 4) is 50.2 Å². The van der Waals surface area contributed by atoms with Crippen LogP contribution in [0.1, 0.15) is 47.2 Å². The fraction of sp³-hybridized carbons (Fsp3) is 0.0571. The van der Waals surface area contributed by atoms with Gasteiger partial charge in [-0.3, -0.25) is 0 Å². The Morgan fingerprint density at radius 1 is 0.306 bits per heavy atom. The Balaban J connectivity index is 0.934. The number of para-hydroxylation sites is 1. The molecule has 14 rings (SSSR count). The summed E-state index contributed by atoms with van der Waals surface area (Å²) in [5.41, 5.74) is 24.2. The number of nitrogens with zero attached hydrogens (tertiary/aromatic N) is 2. The van der Waals surface area contributed by atoms with Crippen LogP contribution in [0.2, 0.25) is 0 Å². The van der Waals surface area contributed by atoms with Gasteiger partial charge in [-0.2, -0.15) is 0 Å². The van der Waals surface area contributed by atoms with Gasteiger partial charge in [0.1, 0.15) is 0 Å². The smallest absolute Gasteiger partial charge is 0.0713 e. The predicted molar refractivity (Wildman–Crippen MR) is 301 cm³/mol. The van der Waals surface area contributed by atoms with Crippen LogP contribution in [-0.4, -0.2) is 4.57 Å². The summed E-state index contributed by atoms with van der Waals surface area (Å²) in [4.78, 5) is 2.45. The minimum Gasteiger partial charge on any atom is -0.310 e. The van der Waals surface area contributed by atoms with Crippen LogP contribution < -0.4 is 4.90 Å². The number of hydrogen-bond acceptors (Lipinski definition) is 1. The van der Waals surface area contributed by atoms with Crippen molar-refractivity contribution >= 4 is 38.9 Å². The lowest BCUT2D eigenvalue weighted by molar-refractivity contribution is 0.660. The van der Waals surface area contributed by atoms with Gasteiger partial charge in [0.2, 0.25) is 0 Å². The van der Waals surface area contributed by atoms with E-state index in [-0.39, 0.29) is 5.41 Å². The Labute approximate surface area is 421 Å². The first-order valence-corrected chi connectivity index (χ1v) is 25.2. The Morgan fingerprint density at radius 2 is 0.736 bits per heavy atom. The van der Waals surface area contributed by atoms with E-state index in [1.165, 1.54) is 99.7 Å². The maximum Gasteiger partial charge on any atom is 0.0713 e. The fourth-order valence-corrected chi connectivity index (χ4v) is 12.5. The van der Waals surface area contributed by atoms with E-state index >= 15 is 0 Å². The molecule has 0 bridgehead atoms. The summed E-state index contributed by atoms with van der Waals surface area (Å²) in [5, 5.41) is 2.41. The molecule has 0 fully saturated rings. The van der Waals surface area contributed by atoms with Gasteiger partial charge in [0.25, 0.3) is 0 Å². The van der Waals surface area contributed by atoms with E-state index in [4.69, 9.17) is 0 Å². The minimum atomic E-state index is -0.442. The second-order valence-corrected chi connectivity index (χ2v) is 20.0. The highest BCUT2D eigenvalue weighted by Crippen LogP contribution is 2.56. The highest BCUT2D eigenvalue weighted by atomic mass is 15.1. The molecule has 0 unspecified atom stereocenters. The SMILES string of the molecule is CC1(C)c2ccccc2-c2ccc(N(c3ccc(-c4ccccc4)cc3)c3ccc4c(c3)c3cc(-c5ccc(C6(c7ccccc7)c7ccccc7-c7ccccc76)cc5)ccc3n4-c3ccccc3)cc21. The lowest BCUT2D eigenvalue weighted by Crippen LogP contribution is -2.28. The van der Waals surface area contributed by atoms with E-state index in [0.717, 1.165) is 22.7 Å². The van der Waals surface area contributed by atoms with Crippen molar-refractivity contribution in [2.75, 3.05) is 4.90 Å². The molecule has 2 aliphatic carbocycles. The van der Waals surface area contributed by atoms with Crippen LogP contribution in [0.25, 0.3) is 72.0 Å². The molecular weight excluding hydrogens is 869 g/mol. The first kappa shape index (κ1) is 41.9. The molecule has 1 heterocycles. The Morgan fingerprint density at radius 3 is 1.40 bits per heavy atom. The van der Waals surface area contributed by atoms with E-state index < -0.39 is 5.41 Å². The summed E-state index contributed by atoms with van der Waals surface area (Å²) < 4.78 is 2.42. The van der Waals surface area contributed by atoms with Crippen LogP contribution in [0.15, 0.2) is 267 Å². The number of anilines is 3. The minimum absolute atomic E-state index is 0.138. The standard InChI is InChI=1S/C70H50N2/c1-69(2)63-27-15-12-24-57(63)60-41-39-56(46-66(60)69)71(54-37-32-48(33-38-54)47-18-6-3-7-19-47)55-40-43-68-62(45-55)61-44-50(34-42-67(61)72(68)53-22-10-5-11-23-53)49-30-35-52(36-31-49)70(51-20-8-4-9-21-51)64-28-16-13-25-58(64)59-26-14-17-29-65(59)70/h3-46H,1-2H3. The van der Waals surface area contributed by atoms with Crippen molar-refractivity contribution in [1.29, 1.82) is 0 Å². The highest BCUT2D eigenvalue weighted by Gasteiger charge is 2.46. The van der Waals surface area contributed by atoms with Crippen molar-refractivity contribution in [2.45, 2.75) is 24.7 Å². The molecule has 0 atom stereocenters. The third-order valence-corrected chi connectivity index (χ3v) is 15.9. The summed E-state index contributed by atoms with van der Waals surface area (Å²) in [5.74, 6) is 0. The van der Waals surface area contributed by atoms with Crippen molar-refractivity contribution in [3.05, 3.63) is 300 Å². The van der Waals surface area contributed by atoms with Crippen molar-refractivity contribution < 1.29 is 0 Å². The number of aromatic nitrogens is 1. The number of benzene rings is 11. The van der Waals surface area contributed by atoms with Gasteiger partial charge in [0.05, 0.1) is 16.4 Å². The summed E-state index contributed by atoms with van der Waals surface area (Å²) >= 11 is 0. The molecule has 340 valence electrons. The lowest BCUT2D eigenvalue weighted by Gasteiger charge is -2.34. The molecule has 2 nitrogen and oxygen atoms in total. The Bertz CT molecular complexity index is 3990. The third kappa shape index (κ3) is 6.28. The summed E-state index contributed by atoms with van der Waals surface area (Å²) in [7, 11) is 0. The monoisotopic (exact) mass is 918 g/mol. The van der Waals surface area contributed by atoms with Crippen LogP contribution in [0.3, 0.4) is 0 Å². The molecule has 0 radical (unpaired) electrons. The zero-order chi connectivity index (χ0) is 48.0. The third-order valence-electron chi connectivity index (χ3n) is 15.9. The Kier molecular flexibility index (Phi) is 9.50. The molecule has 1 aromatic heterocycles. The summed E-state index contributed by atoms with van der Waals surface area (Å²) in [6, 6.07) is 99.0. The normalized spacial score (nSPS) is 13.6. The van der Waals surface area contributed by atoms with E-state index in [1.807, 2.05) is 0 Å². The molecule has 0 spiro atoms. The Hall–Kier alpha value is -8.98. The van der Waals surface area contributed by atoms with Gasteiger partial charge in [-0.25, -0.2) is 0 Å². The van der Waals surface area contributed by atoms with Gasteiger partial charge in [-0.05, 0) is 145 Å². The van der Waals surface area contributed by atoms with E-state index in [0.29, 0.717) is 0 Å². The predicted octanol–water partition coefficient (Wildman–Crippen LogP) is 18.3. The molecule has 11 aromatic carbocycles. The molecule has 2 heteroatoms. The molecule has 0 amide bonds. The first-order valence-electron chi connectivity index (χ1n) is 25.2. The second-order valence-electron chi connectivity index (χ2n) is 20.0. The van der Waals surface area contributed by atoms with Crippen molar-refractivity contribution in [2.24, 2.45) is 0 Å². The molecule has 0 aliphatic heterocycles. The molecule has 0 N–H and O–H groups in total. The average Bonchev–Trinajstić information content (AvgIpc) is 4.02. The van der Waals surface area contributed by atoms with Crippen molar-refractivity contribution in [3.63, 3.8) is 0 Å². The van der Waals surface area contributed by atoms with Crippen LogP contribution >= 0.6 is 0 Å². The van der Waals surface area contributed by atoms with Gasteiger partial charge >= 0.3 is 0 Å². The summed E-state index contributed by atoms with van der Waals surface area (Å²) in [6.07, 6.45) is 0. The van der Waals surface area contributed by atoms with E-state index in [1.54, 1.807) is 0 Å². The number of rotatable bonds is 8. The maximum atomic E-state index is 2.45.